The number of carbonyl (C=O) groups excluding carboxylic acids is 2. The third kappa shape index (κ3) is 3.14. The van der Waals surface area contributed by atoms with Crippen molar-refractivity contribution in [3.8, 4) is 0 Å². The van der Waals surface area contributed by atoms with Crippen LogP contribution in [0.2, 0.25) is 0 Å². The topological polar surface area (TPSA) is 74.7 Å². The molecule has 0 aliphatic carbocycles. The molecule has 0 spiro atoms. The predicted molar refractivity (Wildman–Crippen MR) is 70.7 cm³/mol. The molecule has 5 nitrogen and oxygen atoms in total. The van der Waals surface area contributed by atoms with Gasteiger partial charge in [0.25, 0.3) is 5.91 Å². The van der Waals surface area contributed by atoms with Crippen LogP contribution >= 0.6 is 0 Å². The number of Topliss-reactive ketones (excluding diaryl/α,β-unsaturated/α-hetero) is 1. The molecule has 1 unspecified atom stereocenters. The number of hydrogen-bond donors (Lipinski definition) is 1. The summed E-state index contributed by atoms with van der Waals surface area (Å²) in [7, 11) is 0. The first-order chi connectivity index (χ1) is 8.85. The highest BCUT2D eigenvalue weighted by Gasteiger charge is 2.47. The Bertz CT molecular complexity index is 378. The molecule has 1 fully saturated rings. The summed E-state index contributed by atoms with van der Waals surface area (Å²) in [6.07, 6.45) is 2.48. The van der Waals surface area contributed by atoms with Crippen molar-refractivity contribution in [2.24, 2.45) is 5.92 Å². The zero-order valence-electron chi connectivity index (χ0n) is 11.9. The Morgan fingerprint density at radius 1 is 1.26 bits per heavy atom. The minimum Gasteiger partial charge on any atom is -0.479 e. The zero-order valence-corrected chi connectivity index (χ0v) is 11.9. The van der Waals surface area contributed by atoms with Crippen molar-refractivity contribution in [1.29, 1.82) is 0 Å². The third-order valence-electron chi connectivity index (χ3n) is 3.80. The Morgan fingerprint density at radius 2 is 1.89 bits per heavy atom. The van der Waals surface area contributed by atoms with Crippen LogP contribution in [-0.4, -0.2) is 39.7 Å². The van der Waals surface area contributed by atoms with E-state index in [1.54, 1.807) is 6.92 Å². The van der Waals surface area contributed by atoms with E-state index in [1.807, 2.05) is 13.8 Å². The van der Waals surface area contributed by atoms with Gasteiger partial charge in [-0.3, -0.25) is 9.59 Å². The molecule has 1 N–H and O–H groups in total. The highest BCUT2D eigenvalue weighted by Crippen LogP contribution is 2.32. The van der Waals surface area contributed by atoms with E-state index >= 15 is 0 Å². The van der Waals surface area contributed by atoms with Crippen LogP contribution in [0, 0.1) is 5.92 Å². The summed E-state index contributed by atoms with van der Waals surface area (Å²) in [5.74, 6) is -2.00. The van der Waals surface area contributed by atoms with Crippen molar-refractivity contribution >= 4 is 17.7 Å². The summed E-state index contributed by atoms with van der Waals surface area (Å²) in [5.41, 5.74) is -1.19. The van der Waals surface area contributed by atoms with Crippen LogP contribution in [0.1, 0.15) is 52.9 Å². The van der Waals surface area contributed by atoms with Gasteiger partial charge in [-0.1, -0.05) is 20.8 Å². The fourth-order valence-electron chi connectivity index (χ4n) is 2.68. The maximum atomic E-state index is 12.2. The summed E-state index contributed by atoms with van der Waals surface area (Å²) < 4.78 is 0. The number of carboxylic acid groups (broad SMARTS) is 1. The maximum Gasteiger partial charge on any atom is 0.329 e. The van der Waals surface area contributed by atoms with E-state index in [2.05, 4.69) is 0 Å². The Balaban J connectivity index is 2.97. The van der Waals surface area contributed by atoms with E-state index in [9.17, 15) is 19.5 Å². The standard InChI is InChI=1S/C14H23NO4/c1-4-14(13(18)19)7-5-6-8-15(14)12(17)11(16)9-10(2)3/h10H,4-9H2,1-3H3,(H,18,19). The average molecular weight is 269 g/mol. The molecule has 1 rings (SSSR count). The largest absolute Gasteiger partial charge is 0.479 e. The molecule has 1 atom stereocenters. The number of likely N-dealkylation sites (tertiary alicyclic amines) is 1. The van der Waals surface area contributed by atoms with E-state index < -0.39 is 23.2 Å². The Labute approximate surface area is 114 Å². The van der Waals surface area contributed by atoms with Crippen LogP contribution in [0.5, 0.6) is 0 Å². The summed E-state index contributed by atoms with van der Waals surface area (Å²) in [6, 6.07) is 0. The molecular weight excluding hydrogens is 246 g/mol. The summed E-state index contributed by atoms with van der Waals surface area (Å²) in [6.45, 7) is 5.85. The minimum atomic E-state index is -1.19. The van der Waals surface area contributed by atoms with Crippen molar-refractivity contribution in [3.05, 3.63) is 0 Å². The molecule has 1 heterocycles. The van der Waals surface area contributed by atoms with Crippen molar-refractivity contribution < 1.29 is 19.5 Å². The minimum absolute atomic E-state index is 0.0992. The first kappa shape index (κ1) is 15.7. The Kier molecular flexibility index (Phi) is 5.09. The highest BCUT2D eigenvalue weighted by molar-refractivity contribution is 6.36. The molecule has 0 radical (unpaired) electrons. The van der Waals surface area contributed by atoms with E-state index in [0.717, 1.165) is 12.8 Å². The Hall–Kier alpha value is -1.39. The molecule has 1 aliphatic rings. The second kappa shape index (κ2) is 6.17. The number of carboxylic acids is 1. The summed E-state index contributed by atoms with van der Waals surface area (Å²) >= 11 is 0. The van der Waals surface area contributed by atoms with Gasteiger partial charge < -0.3 is 10.0 Å². The van der Waals surface area contributed by atoms with E-state index in [4.69, 9.17) is 0 Å². The summed E-state index contributed by atoms with van der Waals surface area (Å²) in [5, 5.41) is 9.47. The Morgan fingerprint density at radius 3 is 2.37 bits per heavy atom. The number of carbonyl (C=O) groups is 3. The fourth-order valence-corrected chi connectivity index (χ4v) is 2.68. The number of rotatable bonds is 5. The number of piperidine rings is 1. The molecular formula is C14H23NO4. The average Bonchev–Trinajstić information content (AvgIpc) is 2.36. The number of nitrogens with zero attached hydrogens (tertiary/aromatic N) is 1. The molecule has 0 aromatic carbocycles. The van der Waals surface area contributed by atoms with Crippen molar-refractivity contribution in [1.82, 2.24) is 4.90 Å². The number of aliphatic carboxylic acids is 1. The number of hydrogen-bond acceptors (Lipinski definition) is 3. The monoisotopic (exact) mass is 269 g/mol. The van der Waals surface area contributed by atoms with Gasteiger partial charge in [-0.2, -0.15) is 0 Å². The van der Waals surface area contributed by atoms with Gasteiger partial charge in [-0.05, 0) is 31.6 Å². The quantitative estimate of drug-likeness (QED) is 0.773. The molecule has 1 aliphatic heterocycles. The van der Waals surface area contributed by atoms with E-state index in [-0.39, 0.29) is 12.3 Å². The van der Waals surface area contributed by atoms with Gasteiger partial charge >= 0.3 is 5.97 Å². The fraction of sp³-hybridized carbons (Fsp3) is 0.786. The molecule has 5 heteroatoms. The van der Waals surface area contributed by atoms with Crippen LogP contribution < -0.4 is 0 Å². The van der Waals surface area contributed by atoms with Crippen molar-refractivity contribution in [3.63, 3.8) is 0 Å². The van der Waals surface area contributed by atoms with Gasteiger partial charge in [0.2, 0.25) is 5.78 Å². The second-order valence-electron chi connectivity index (χ2n) is 5.63. The molecule has 1 amide bonds. The van der Waals surface area contributed by atoms with Crippen LogP contribution in [0.25, 0.3) is 0 Å². The van der Waals surface area contributed by atoms with Gasteiger partial charge in [0.1, 0.15) is 5.54 Å². The zero-order chi connectivity index (χ0) is 14.6. The lowest BCUT2D eigenvalue weighted by atomic mass is 9.83. The lowest BCUT2D eigenvalue weighted by Gasteiger charge is -2.43. The first-order valence-electron chi connectivity index (χ1n) is 6.93. The lowest BCUT2D eigenvalue weighted by molar-refractivity contribution is -0.165. The smallest absolute Gasteiger partial charge is 0.329 e. The molecule has 0 aromatic heterocycles. The number of ketones is 1. The SMILES string of the molecule is CCC1(C(=O)O)CCCCN1C(=O)C(=O)CC(C)C. The van der Waals surface area contributed by atoms with Gasteiger partial charge in [-0.15, -0.1) is 0 Å². The predicted octanol–water partition coefficient (Wildman–Crippen LogP) is 1.85. The molecule has 0 saturated carbocycles. The lowest BCUT2D eigenvalue weighted by Crippen LogP contribution is -2.60. The van der Waals surface area contributed by atoms with Gasteiger partial charge in [0.15, 0.2) is 0 Å². The van der Waals surface area contributed by atoms with Crippen LogP contribution in [0.4, 0.5) is 0 Å². The maximum absolute atomic E-state index is 12.2. The van der Waals surface area contributed by atoms with Gasteiger partial charge in [0, 0.05) is 13.0 Å². The third-order valence-corrected chi connectivity index (χ3v) is 3.80. The van der Waals surface area contributed by atoms with Crippen molar-refractivity contribution in [2.75, 3.05) is 6.54 Å². The molecule has 108 valence electrons. The second-order valence-corrected chi connectivity index (χ2v) is 5.63. The van der Waals surface area contributed by atoms with Crippen LogP contribution in [0.3, 0.4) is 0 Å². The van der Waals surface area contributed by atoms with Crippen molar-refractivity contribution in [2.45, 2.75) is 58.4 Å². The van der Waals surface area contributed by atoms with Crippen LogP contribution in [0.15, 0.2) is 0 Å². The molecule has 0 aromatic rings. The molecule has 0 bridgehead atoms. The molecule has 1 saturated heterocycles. The summed E-state index contributed by atoms with van der Waals surface area (Å²) in [4.78, 5) is 37.0. The van der Waals surface area contributed by atoms with Crippen LogP contribution in [-0.2, 0) is 14.4 Å². The van der Waals surface area contributed by atoms with E-state index in [0.29, 0.717) is 19.4 Å². The molecule has 19 heavy (non-hydrogen) atoms. The number of amides is 1. The highest BCUT2D eigenvalue weighted by atomic mass is 16.4. The first-order valence-corrected chi connectivity index (χ1v) is 6.93. The van der Waals surface area contributed by atoms with E-state index in [1.165, 1.54) is 4.90 Å². The van der Waals surface area contributed by atoms with Gasteiger partial charge in [-0.25, -0.2) is 4.79 Å². The normalized spacial score (nSPS) is 23.5. The van der Waals surface area contributed by atoms with Gasteiger partial charge in [0.05, 0.1) is 0 Å².